The van der Waals surface area contributed by atoms with Crippen molar-refractivity contribution >= 4 is 5.91 Å². The van der Waals surface area contributed by atoms with Crippen LogP contribution < -0.4 is 16.0 Å². The van der Waals surface area contributed by atoms with Crippen molar-refractivity contribution in [1.82, 2.24) is 5.43 Å². The number of ether oxygens (including phenoxy) is 1. The smallest absolute Gasteiger partial charge is 0.238 e. The molecule has 0 heterocycles. The highest BCUT2D eigenvalue weighted by atomic mass is 16.5. The lowest BCUT2D eigenvalue weighted by atomic mass is 10.1. The van der Waals surface area contributed by atoms with Gasteiger partial charge in [-0.05, 0) is 11.6 Å². The van der Waals surface area contributed by atoms with Crippen LogP contribution in [0.5, 0.6) is 5.75 Å². The summed E-state index contributed by atoms with van der Waals surface area (Å²) in [5, 5.41) is 0. The minimum absolute atomic E-state index is 0.210. The van der Waals surface area contributed by atoms with E-state index in [1.807, 2.05) is 54.6 Å². The first kappa shape index (κ1) is 13.1. The van der Waals surface area contributed by atoms with Crippen LogP contribution in [0.15, 0.2) is 54.6 Å². The molecule has 0 saturated heterocycles. The third kappa shape index (κ3) is 3.82. The zero-order valence-corrected chi connectivity index (χ0v) is 10.5. The van der Waals surface area contributed by atoms with E-state index in [0.29, 0.717) is 12.4 Å². The number of carbonyl (C=O) groups is 1. The topological polar surface area (TPSA) is 64.3 Å². The fourth-order valence-corrected chi connectivity index (χ4v) is 1.75. The van der Waals surface area contributed by atoms with Crippen LogP contribution in [0.25, 0.3) is 0 Å². The number of rotatable bonds is 5. The molecule has 3 N–H and O–H groups in total. The Kier molecular flexibility index (Phi) is 4.53. The Labute approximate surface area is 112 Å². The van der Waals surface area contributed by atoms with Gasteiger partial charge in [-0.3, -0.25) is 10.2 Å². The number of amides is 1. The molecule has 0 aliphatic heterocycles. The quantitative estimate of drug-likeness (QED) is 0.487. The molecule has 0 bridgehead atoms. The summed E-state index contributed by atoms with van der Waals surface area (Å²) in [6, 6.07) is 17.3. The van der Waals surface area contributed by atoms with Crippen LogP contribution in [-0.2, 0) is 17.8 Å². The van der Waals surface area contributed by atoms with Crippen molar-refractivity contribution in [2.75, 3.05) is 0 Å². The number of para-hydroxylation sites is 1. The summed E-state index contributed by atoms with van der Waals surface area (Å²) in [6.45, 7) is 0.474. The lowest BCUT2D eigenvalue weighted by molar-refractivity contribution is -0.120. The Morgan fingerprint density at radius 1 is 1.05 bits per heavy atom. The summed E-state index contributed by atoms with van der Waals surface area (Å²) >= 11 is 0. The minimum atomic E-state index is -0.240. The molecule has 1 amide bonds. The van der Waals surface area contributed by atoms with Gasteiger partial charge in [0, 0.05) is 5.56 Å². The van der Waals surface area contributed by atoms with Crippen molar-refractivity contribution in [3.63, 3.8) is 0 Å². The predicted molar refractivity (Wildman–Crippen MR) is 73.3 cm³/mol. The average Bonchev–Trinajstić information content (AvgIpc) is 2.47. The normalized spacial score (nSPS) is 9.95. The molecule has 4 heteroatoms. The van der Waals surface area contributed by atoms with E-state index in [1.165, 1.54) is 0 Å². The van der Waals surface area contributed by atoms with Gasteiger partial charge in [-0.2, -0.15) is 0 Å². The van der Waals surface area contributed by atoms with Crippen LogP contribution in [-0.4, -0.2) is 5.91 Å². The van der Waals surface area contributed by atoms with E-state index in [1.54, 1.807) is 0 Å². The standard InChI is InChI=1S/C15H16N2O2/c16-17-15(18)10-13-8-4-5-9-14(13)19-11-12-6-2-1-3-7-12/h1-9H,10-11,16H2,(H,17,18). The van der Waals surface area contributed by atoms with E-state index in [9.17, 15) is 4.79 Å². The molecule has 0 fully saturated rings. The number of nitrogens with one attached hydrogen (secondary N) is 1. The van der Waals surface area contributed by atoms with Crippen LogP contribution in [0.1, 0.15) is 11.1 Å². The summed E-state index contributed by atoms with van der Waals surface area (Å²) in [7, 11) is 0. The number of benzene rings is 2. The van der Waals surface area contributed by atoms with Gasteiger partial charge in [0.15, 0.2) is 0 Å². The molecule has 0 unspecified atom stereocenters. The summed E-state index contributed by atoms with van der Waals surface area (Å²) in [6.07, 6.45) is 0.210. The molecule has 2 aromatic carbocycles. The van der Waals surface area contributed by atoms with Gasteiger partial charge in [-0.25, -0.2) is 5.84 Å². The van der Waals surface area contributed by atoms with Crippen LogP contribution in [0.3, 0.4) is 0 Å². The highest BCUT2D eigenvalue weighted by Gasteiger charge is 2.07. The minimum Gasteiger partial charge on any atom is -0.489 e. The van der Waals surface area contributed by atoms with E-state index >= 15 is 0 Å². The molecule has 0 radical (unpaired) electrons. The van der Waals surface area contributed by atoms with Gasteiger partial charge in [-0.15, -0.1) is 0 Å². The van der Waals surface area contributed by atoms with Gasteiger partial charge >= 0.3 is 0 Å². The van der Waals surface area contributed by atoms with Gasteiger partial charge < -0.3 is 4.74 Å². The highest BCUT2D eigenvalue weighted by molar-refractivity contribution is 5.78. The zero-order chi connectivity index (χ0) is 13.5. The number of hydrogen-bond donors (Lipinski definition) is 2. The molecular weight excluding hydrogens is 240 g/mol. The Morgan fingerprint density at radius 2 is 1.74 bits per heavy atom. The van der Waals surface area contributed by atoms with Crippen LogP contribution in [0.4, 0.5) is 0 Å². The summed E-state index contributed by atoms with van der Waals surface area (Å²) < 4.78 is 5.75. The number of hydrogen-bond acceptors (Lipinski definition) is 3. The lowest BCUT2D eigenvalue weighted by Gasteiger charge is -2.11. The summed E-state index contributed by atoms with van der Waals surface area (Å²) in [5.74, 6) is 5.56. The van der Waals surface area contributed by atoms with E-state index in [0.717, 1.165) is 11.1 Å². The molecule has 2 aromatic rings. The molecule has 19 heavy (non-hydrogen) atoms. The fourth-order valence-electron chi connectivity index (χ4n) is 1.75. The third-order valence-electron chi connectivity index (χ3n) is 2.72. The van der Waals surface area contributed by atoms with E-state index in [2.05, 4.69) is 5.43 Å². The van der Waals surface area contributed by atoms with Crippen molar-refractivity contribution in [1.29, 1.82) is 0 Å². The molecule has 2 rings (SSSR count). The Morgan fingerprint density at radius 3 is 2.47 bits per heavy atom. The third-order valence-corrected chi connectivity index (χ3v) is 2.72. The van der Waals surface area contributed by atoms with Crippen LogP contribution in [0, 0.1) is 0 Å². The molecule has 0 atom stereocenters. The van der Waals surface area contributed by atoms with Crippen molar-refractivity contribution in [3.8, 4) is 5.75 Å². The fraction of sp³-hybridized carbons (Fsp3) is 0.133. The summed E-state index contributed by atoms with van der Waals surface area (Å²) in [4.78, 5) is 11.3. The van der Waals surface area contributed by atoms with Crippen LogP contribution >= 0.6 is 0 Å². The Balaban J connectivity index is 2.05. The van der Waals surface area contributed by atoms with Gasteiger partial charge in [0.05, 0.1) is 6.42 Å². The van der Waals surface area contributed by atoms with E-state index in [4.69, 9.17) is 10.6 Å². The average molecular weight is 256 g/mol. The highest BCUT2D eigenvalue weighted by Crippen LogP contribution is 2.19. The number of carbonyl (C=O) groups excluding carboxylic acids is 1. The largest absolute Gasteiger partial charge is 0.489 e. The maximum Gasteiger partial charge on any atom is 0.238 e. The van der Waals surface area contributed by atoms with Gasteiger partial charge in [0.25, 0.3) is 0 Å². The van der Waals surface area contributed by atoms with Gasteiger partial charge in [0.2, 0.25) is 5.91 Å². The molecular formula is C15H16N2O2. The first-order chi connectivity index (χ1) is 9.29. The van der Waals surface area contributed by atoms with E-state index in [-0.39, 0.29) is 12.3 Å². The van der Waals surface area contributed by atoms with Crippen molar-refractivity contribution < 1.29 is 9.53 Å². The molecule has 0 saturated carbocycles. The monoisotopic (exact) mass is 256 g/mol. The van der Waals surface area contributed by atoms with E-state index < -0.39 is 0 Å². The van der Waals surface area contributed by atoms with Crippen LogP contribution in [0.2, 0.25) is 0 Å². The van der Waals surface area contributed by atoms with Crippen molar-refractivity contribution in [3.05, 3.63) is 65.7 Å². The zero-order valence-electron chi connectivity index (χ0n) is 10.5. The Bertz CT molecular complexity index is 541. The predicted octanol–water partition coefficient (Wildman–Crippen LogP) is 1.80. The molecule has 0 aliphatic rings. The molecule has 98 valence electrons. The maximum atomic E-state index is 11.3. The second-order valence-electron chi connectivity index (χ2n) is 4.13. The SMILES string of the molecule is NNC(=O)Cc1ccccc1OCc1ccccc1. The van der Waals surface area contributed by atoms with Crippen molar-refractivity contribution in [2.24, 2.45) is 5.84 Å². The van der Waals surface area contributed by atoms with Gasteiger partial charge in [-0.1, -0.05) is 48.5 Å². The first-order valence-electron chi connectivity index (χ1n) is 6.03. The number of hydrazine groups is 1. The number of nitrogens with two attached hydrogens (primary N) is 1. The molecule has 0 spiro atoms. The summed E-state index contributed by atoms with van der Waals surface area (Å²) in [5.41, 5.74) is 4.02. The lowest BCUT2D eigenvalue weighted by Crippen LogP contribution is -2.31. The van der Waals surface area contributed by atoms with Gasteiger partial charge in [0.1, 0.15) is 12.4 Å². The first-order valence-corrected chi connectivity index (χ1v) is 6.03. The Hall–Kier alpha value is -2.33. The second kappa shape index (κ2) is 6.56. The molecule has 4 nitrogen and oxygen atoms in total. The molecule has 0 aliphatic carbocycles. The molecule has 0 aromatic heterocycles. The maximum absolute atomic E-state index is 11.3. The van der Waals surface area contributed by atoms with Crippen molar-refractivity contribution in [2.45, 2.75) is 13.0 Å². The second-order valence-corrected chi connectivity index (χ2v) is 4.13.